The minimum atomic E-state index is 0.441. The second-order valence-electron chi connectivity index (χ2n) is 5.62. The van der Waals surface area contributed by atoms with Crippen LogP contribution in [0, 0.1) is 5.92 Å². The molecular weight excluding hydrogens is 234 g/mol. The summed E-state index contributed by atoms with van der Waals surface area (Å²) >= 11 is 0. The van der Waals surface area contributed by atoms with Gasteiger partial charge in [-0.3, -0.25) is 4.98 Å². The fraction of sp³-hybridized carbons (Fsp3) is 0.438. The fourth-order valence-electron chi connectivity index (χ4n) is 2.23. The molecule has 0 amide bonds. The summed E-state index contributed by atoms with van der Waals surface area (Å²) in [5.41, 5.74) is 8.80. The Bertz CT molecular complexity index is 549. The predicted octanol–water partition coefficient (Wildman–Crippen LogP) is 4.05. The Balaban J connectivity index is 2.19. The van der Waals surface area contributed by atoms with Gasteiger partial charge >= 0.3 is 0 Å². The molecule has 0 aliphatic heterocycles. The Hall–Kier alpha value is -1.77. The van der Waals surface area contributed by atoms with E-state index in [-0.39, 0.29) is 0 Å². The summed E-state index contributed by atoms with van der Waals surface area (Å²) in [6, 6.07) is 8.35. The first-order chi connectivity index (χ1) is 9.08. The van der Waals surface area contributed by atoms with Crippen LogP contribution in [0.1, 0.15) is 33.6 Å². The van der Waals surface area contributed by atoms with Gasteiger partial charge in [0.05, 0.1) is 11.2 Å². The monoisotopic (exact) mass is 257 g/mol. The number of hydrogen-bond donors (Lipinski definition) is 2. The molecule has 1 aromatic heterocycles. The topological polar surface area (TPSA) is 50.9 Å². The van der Waals surface area contributed by atoms with Crippen molar-refractivity contribution in [3.8, 4) is 0 Å². The minimum Gasteiger partial charge on any atom is -0.398 e. The molecule has 1 atom stereocenters. The van der Waals surface area contributed by atoms with E-state index in [0.717, 1.165) is 34.6 Å². The number of aromatic nitrogens is 1. The van der Waals surface area contributed by atoms with Gasteiger partial charge in [-0.1, -0.05) is 13.8 Å². The molecule has 0 fully saturated rings. The molecule has 1 heterocycles. The number of nitrogen functional groups attached to an aromatic ring is 1. The van der Waals surface area contributed by atoms with Gasteiger partial charge in [0.25, 0.3) is 0 Å². The Morgan fingerprint density at radius 2 is 1.95 bits per heavy atom. The van der Waals surface area contributed by atoms with Crippen molar-refractivity contribution in [2.45, 2.75) is 39.7 Å². The second-order valence-corrected chi connectivity index (χ2v) is 5.62. The fourth-order valence-corrected chi connectivity index (χ4v) is 2.23. The van der Waals surface area contributed by atoms with E-state index >= 15 is 0 Å². The van der Waals surface area contributed by atoms with E-state index in [1.165, 1.54) is 6.42 Å². The lowest BCUT2D eigenvalue weighted by Gasteiger charge is -2.18. The maximum Gasteiger partial charge on any atom is 0.0953 e. The first-order valence-corrected chi connectivity index (χ1v) is 6.97. The molecule has 19 heavy (non-hydrogen) atoms. The summed E-state index contributed by atoms with van der Waals surface area (Å²) in [5.74, 6) is 0.741. The van der Waals surface area contributed by atoms with E-state index < -0.39 is 0 Å². The molecular formula is C16H23N3. The van der Waals surface area contributed by atoms with Crippen molar-refractivity contribution in [3.05, 3.63) is 30.5 Å². The number of rotatable bonds is 5. The lowest BCUT2D eigenvalue weighted by atomic mass is 10.0. The van der Waals surface area contributed by atoms with Crippen molar-refractivity contribution in [3.63, 3.8) is 0 Å². The SMILES string of the molecule is CC(C)CCC(C)Nc1ccc(N)c2cccnc12. The summed E-state index contributed by atoms with van der Waals surface area (Å²) < 4.78 is 0. The van der Waals surface area contributed by atoms with E-state index in [4.69, 9.17) is 5.73 Å². The average Bonchev–Trinajstić information content (AvgIpc) is 2.40. The third kappa shape index (κ3) is 3.37. The standard InChI is InChI=1S/C16H23N3/c1-11(2)6-7-12(3)19-15-9-8-14(17)13-5-4-10-18-16(13)15/h4-5,8-12,19H,6-7,17H2,1-3H3. The highest BCUT2D eigenvalue weighted by Gasteiger charge is 2.08. The van der Waals surface area contributed by atoms with Crippen LogP contribution >= 0.6 is 0 Å². The Kier molecular flexibility index (Phi) is 4.25. The molecule has 1 unspecified atom stereocenters. The Morgan fingerprint density at radius 1 is 1.16 bits per heavy atom. The highest BCUT2D eigenvalue weighted by atomic mass is 14.9. The summed E-state index contributed by atoms with van der Waals surface area (Å²) in [6.45, 7) is 6.73. The number of anilines is 2. The van der Waals surface area contributed by atoms with E-state index in [0.29, 0.717) is 6.04 Å². The van der Waals surface area contributed by atoms with E-state index in [1.54, 1.807) is 0 Å². The molecule has 0 aliphatic rings. The van der Waals surface area contributed by atoms with Crippen LogP contribution in [0.5, 0.6) is 0 Å². The van der Waals surface area contributed by atoms with Gasteiger partial charge in [-0.2, -0.15) is 0 Å². The zero-order chi connectivity index (χ0) is 13.8. The van der Waals surface area contributed by atoms with Crippen LogP contribution < -0.4 is 11.1 Å². The molecule has 2 rings (SSSR count). The van der Waals surface area contributed by atoms with Crippen LogP contribution in [-0.2, 0) is 0 Å². The Labute approximate surface area is 115 Å². The number of benzene rings is 1. The van der Waals surface area contributed by atoms with E-state index in [2.05, 4.69) is 31.1 Å². The second kappa shape index (κ2) is 5.91. The maximum absolute atomic E-state index is 5.99. The summed E-state index contributed by atoms with van der Waals surface area (Å²) in [6.07, 6.45) is 4.20. The third-order valence-corrected chi connectivity index (χ3v) is 3.38. The van der Waals surface area contributed by atoms with Gasteiger partial charge in [0, 0.05) is 23.3 Å². The number of nitrogens with two attached hydrogens (primary N) is 1. The third-order valence-electron chi connectivity index (χ3n) is 3.38. The van der Waals surface area contributed by atoms with Crippen LogP contribution in [0.2, 0.25) is 0 Å². The largest absolute Gasteiger partial charge is 0.398 e. The molecule has 0 bridgehead atoms. The summed E-state index contributed by atoms with van der Waals surface area (Å²) in [4.78, 5) is 4.45. The van der Waals surface area contributed by atoms with Crippen molar-refractivity contribution in [2.75, 3.05) is 11.1 Å². The van der Waals surface area contributed by atoms with E-state index in [9.17, 15) is 0 Å². The molecule has 0 radical (unpaired) electrons. The predicted molar refractivity (Wildman–Crippen MR) is 83.3 cm³/mol. The van der Waals surface area contributed by atoms with Crippen LogP contribution in [-0.4, -0.2) is 11.0 Å². The van der Waals surface area contributed by atoms with Crippen molar-refractivity contribution >= 4 is 22.3 Å². The van der Waals surface area contributed by atoms with Crippen molar-refractivity contribution in [1.82, 2.24) is 4.98 Å². The van der Waals surface area contributed by atoms with Gasteiger partial charge in [-0.15, -0.1) is 0 Å². The van der Waals surface area contributed by atoms with Crippen LogP contribution in [0.25, 0.3) is 10.9 Å². The van der Waals surface area contributed by atoms with Crippen LogP contribution in [0.4, 0.5) is 11.4 Å². The highest BCUT2D eigenvalue weighted by molar-refractivity contribution is 5.98. The molecule has 3 nitrogen and oxygen atoms in total. The number of nitrogens with zero attached hydrogens (tertiary/aromatic N) is 1. The minimum absolute atomic E-state index is 0.441. The molecule has 102 valence electrons. The lowest BCUT2D eigenvalue weighted by Crippen LogP contribution is -2.16. The average molecular weight is 257 g/mol. The van der Waals surface area contributed by atoms with Crippen LogP contribution in [0.3, 0.4) is 0 Å². The quantitative estimate of drug-likeness (QED) is 0.794. The van der Waals surface area contributed by atoms with Gasteiger partial charge in [-0.05, 0) is 49.9 Å². The van der Waals surface area contributed by atoms with Gasteiger partial charge in [0.15, 0.2) is 0 Å². The molecule has 0 saturated heterocycles. The van der Waals surface area contributed by atoms with Gasteiger partial charge in [0.2, 0.25) is 0 Å². The molecule has 1 aromatic carbocycles. The van der Waals surface area contributed by atoms with Gasteiger partial charge in [-0.25, -0.2) is 0 Å². The Morgan fingerprint density at radius 3 is 2.68 bits per heavy atom. The molecule has 2 aromatic rings. The smallest absolute Gasteiger partial charge is 0.0953 e. The van der Waals surface area contributed by atoms with Gasteiger partial charge < -0.3 is 11.1 Å². The summed E-state index contributed by atoms with van der Waals surface area (Å²) in [7, 11) is 0. The molecule has 0 aliphatic carbocycles. The molecule has 0 spiro atoms. The first kappa shape index (κ1) is 13.7. The first-order valence-electron chi connectivity index (χ1n) is 6.97. The normalized spacial score (nSPS) is 12.8. The van der Waals surface area contributed by atoms with Crippen molar-refractivity contribution in [2.24, 2.45) is 5.92 Å². The zero-order valence-corrected chi connectivity index (χ0v) is 12.0. The van der Waals surface area contributed by atoms with Gasteiger partial charge in [0.1, 0.15) is 0 Å². The number of pyridine rings is 1. The molecule has 0 saturated carbocycles. The number of fused-ring (bicyclic) bond motifs is 1. The van der Waals surface area contributed by atoms with Crippen molar-refractivity contribution in [1.29, 1.82) is 0 Å². The lowest BCUT2D eigenvalue weighted by molar-refractivity contribution is 0.528. The zero-order valence-electron chi connectivity index (χ0n) is 12.0. The maximum atomic E-state index is 5.99. The molecule has 3 heteroatoms. The summed E-state index contributed by atoms with van der Waals surface area (Å²) in [5, 5.41) is 4.57. The molecule has 3 N–H and O–H groups in total. The van der Waals surface area contributed by atoms with Crippen molar-refractivity contribution < 1.29 is 0 Å². The number of nitrogens with one attached hydrogen (secondary N) is 1. The number of hydrogen-bond acceptors (Lipinski definition) is 3. The van der Waals surface area contributed by atoms with E-state index in [1.807, 2.05) is 30.5 Å². The van der Waals surface area contributed by atoms with Crippen LogP contribution in [0.15, 0.2) is 30.5 Å². The highest BCUT2D eigenvalue weighted by Crippen LogP contribution is 2.27.